The maximum absolute atomic E-state index is 13.3. The van der Waals surface area contributed by atoms with E-state index < -0.39 is 11.6 Å². The summed E-state index contributed by atoms with van der Waals surface area (Å²) in [6.45, 7) is -0.0647. The van der Waals surface area contributed by atoms with Crippen LogP contribution in [0.1, 0.15) is 19.1 Å². The summed E-state index contributed by atoms with van der Waals surface area (Å²) in [6, 6.07) is 2.96. The van der Waals surface area contributed by atoms with Crippen LogP contribution in [0.4, 0.5) is 14.6 Å². The highest BCUT2D eigenvalue weighted by Gasteiger charge is 2.28. The van der Waals surface area contributed by atoms with Gasteiger partial charge in [0.25, 0.3) is 0 Å². The number of nitrogen functional groups attached to an aromatic ring is 1. The van der Waals surface area contributed by atoms with Gasteiger partial charge in [-0.1, -0.05) is 0 Å². The van der Waals surface area contributed by atoms with Crippen LogP contribution in [0.25, 0.3) is 11.2 Å². The van der Waals surface area contributed by atoms with E-state index in [9.17, 15) is 13.9 Å². The van der Waals surface area contributed by atoms with Gasteiger partial charge in [-0.25, -0.2) is 13.8 Å². The summed E-state index contributed by atoms with van der Waals surface area (Å²) in [5.41, 5.74) is 6.67. The summed E-state index contributed by atoms with van der Waals surface area (Å²) in [5.74, 6) is -1.91. The molecule has 0 saturated carbocycles. The Hall–Kier alpha value is -2.85. The average molecular weight is 363 g/mol. The van der Waals surface area contributed by atoms with Crippen molar-refractivity contribution in [3.8, 4) is 11.8 Å². The number of anilines is 1. The Morgan fingerprint density at radius 3 is 2.85 bits per heavy atom. The second kappa shape index (κ2) is 6.46. The number of nitrogens with zero attached hydrogens (tertiary/aromatic N) is 4. The van der Waals surface area contributed by atoms with Crippen LogP contribution in [-0.4, -0.2) is 37.3 Å². The van der Waals surface area contributed by atoms with E-state index in [1.165, 1.54) is 12.4 Å². The lowest BCUT2D eigenvalue weighted by atomic mass is 10.2. The molecule has 1 aliphatic heterocycles. The molecule has 0 unspecified atom stereocenters. The highest BCUT2D eigenvalue weighted by molar-refractivity contribution is 5.82. The van der Waals surface area contributed by atoms with E-state index in [2.05, 4.69) is 15.0 Å². The third-order valence-corrected chi connectivity index (χ3v) is 4.13. The number of hydrogen-bond donors (Lipinski definition) is 2. The summed E-state index contributed by atoms with van der Waals surface area (Å²) < 4.78 is 39.2. The lowest BCUT2D eigenvalue weighted by molar-refractivity contribution is -0.0207. The number of aliphatic hydroxyl groups excluding tert-OH is 1. The van der Waals surface area contributed by atoms with Crippen LogP contribution >= 0.6 is 0 Å². The first-order valence-electron chi connectivity index (χ1n) is 7.94. The number of hydrogen-bond acceptors (Lipinski definition) is 7. The van der Waals surface area contributed by atoms with Crippen molar-refractivity contribution >= 4 is 17.0 Å². The molecule has 26 heavy (non-hydrogen) atoms. The zero-order valence-electron chi connectivity index (χ0n) is 13.5. The van der Waals surface area contributed by atoms with Crippen LogP contribution in [0.15, 0.2) is 24.5 Å². The molecule has 1 aromatic carbocycles. The quantitative estimate of drug-likeness (QED) is 0.731. The lowest BCUT2D eigenvalue weighted by Gasteiger charge is -2.14. The Bertz CT molecular complexity index is 964. The smallest absolute Gasteiger partial charge is 0.326 e. The molecule has 2 atom stereocenters. The molecule has 1 saturated heterocycles. The molecule has 0 spiro atoms. The van der Waals surface area contributed by atoms with Gasteiger partial charge in [0.1, 0.15) is 12.0 Å². The normalized spacial score (nSPS) is 20.0. The Kier molecular flexibility index (Phi) is 4.13. The van der Waals surface area contributed by atoms with Crippen molar-refractivity contribution in [2.75, 3.05) is 12.3 Å². The molecule has 3 N–H and O–H groups in total. The Balaban J connectivity index is 1.68. The van der Waals surface area contributed by atoms with E-state index in [1.807, 2.05) is 0 Å². The van der Waals surface area contributed by atoms with Crippen molar-refractivity contribution in [1.29, 1.82) is 0 Å². The van der Waals surface area contributed by atoms with Gasteiger partial charge in [-0.05, 0) is 25.0 Å². The summed E-state index contributed by atoms with van der Waals surface area (Å²) in [6.07, 6.45) is 2.33. The fourth-order valence-electron chi connectivity index (χ4n) is 2.85. The number of aliphatic hydroxyl groups is 1. The topological polar surface area (TPSA) is 108 Å². The molecule has 4 rings (SSSR count). The van der Waals surface area contributed by atoms with Crippen molar-refractivity contribution in [3.05, 3.63) is 36.2 Å². The van der Waals surface area contributed by atoms with Crippen molar-refractivity contribution in [3.63, 3.8) is 0 Å². The maximum atomic E-state index is 13.3. The summed E-state index contributed by atoms with van der Waals surface area (Å²) in [5, 5.41) is 9.22. The minimum absolute atomic E-state index is 0.0335. The fraction of sp³-hybridized carbons (Fsp3) is 0.312. The predicted octanol–water partition coefficient (Wildman–Crippen LogP) is 2.15. The zero-order valence-corrected chi connectivity index (χ0v) is 13.5. The third-order valence-electron chi connectivity index (χ3n) is 4.13. The molecule has 3 aromatic rings. The highest BCUT2D eigenvalue weighted by atomic mass is 19.2. The summed E-state index contributed by atoms with van der Waals surface area (Å²) in [4.78, 5) is 12.5. The number of fused-ring (bicyclic) bond motifs is 1. The van der Waals surface area contributed by atoms with Crippen molar-refractivity contribution in [1.82, 2.24) is 19.5 Å². The van der Waals surface area contributed by atoms with Gasteiger partial charge in [0.05, 0.1) is 19.0 Å². The molecular formula is C16H15F2N5O3. The molecule has 0 bridgehead atoms. The van der Waals surface area contributed by atoms with E-state index in [0.29, 0.717) is 24.0 Å². The van der Waals surface area contributed by atoms with E-state index in [4.69, 9.17) is 15.2 Å². The number of benzene rings is 1. The first-order valence-corrected chi connectivity index (χ1v) is 7.94. The van der Waals surface area contributed by atoms with E-state index in [1.54, 1.807) is 4.57 Å². The van der Waals surface area contributed by atoms with Gasteiger partial charge in [0, 0.05) is 6.07 Å². The van der Waals surface area contributed by atoms with Gasteiger partial charge >= 0.3 is 6.01 Å². The van der Waals surface area contributed by atoms with Gasteiger partial charge < -0.3 is 20.3 Å². The van der Waals surface area contributed by atoms with Crippen LogP contribution in [0.5, 0.6) is 11.8 Å². The number of halogens is 2. The SMILES string of the molecule is Nc1nc(Oc2ccc(F)c(F)c2)nc2c1ncn2[C@H]1CC[C@@H](CO)O1. The third kappa shape index (κ3) is 2.93. The number of imidazole rings is 1. The van der Waals surface area contributed by atoms with Gasteiger partial charge in [-0.3, -0.25) is 4.57 Å². The number of aromatic nitrogens is 4. The Morgan fingerprint density at radius 1 is 1.27 bits per heavy atom. The molecule has 3 heterocycles. The van der Waals surface area contributed by atoms with E-state index in [0.717, 1.165) is 12.1 Å². The largest absolute Gasteiger partial charge is 0.424 e. The standard InChI is InChI=1S/C16H15F2N5O3/c17-10-3-1-8(5-11(10)18)26-16-21-14(19)13-15(22-16)23(7-20-13)12-4-2-9(6-24)25-12/h1,3,5,7,9,12,24H,2,4,6H2,(H2,19,21,22)/t9-,12+/m0/s1. The first kappa shape index (κ1) is 16.6. The predicted molar refractivity (Wildman–Crippen MR) is 86.4 cm³/mol. The molecule has 2 aromatic heterocycles. The zero-order chi connectivity index (χ0) is 18.3. The van der Waals surface area contributed by atoms with Crippen LogP contribution in [0, 0.1) is 11.6 Å². The van der Waals surface area contributed by atoms with Crippen molar-refractivity contribution in [2.45, 2.75) is 25.2 Å². The van der Waals surface area contributed by atoms with Gasteiger partial charge in [-0.2, -0.15) is 9.97 Å². The molecular weight excluding hydrogens is 348 g/mol. The van der Waals surface area contributed by atoms with Gasteiger partial charge in [0.15, 0.2) is 28.6 Å². The van der Waals surface area contributed by atoms with Crippen molar-refractivity contribution < 1.29 is 23.4 Å². The minimum Gasteiger partial charge on any atom is -0.424 e. The van der Waals surface area contributed by atoms with Crippen molar-refractivity contribution in [2.24, 2.45) is 0 Å². The first-order chi connectivity index (χ1) is 12.5. The molecule has 0 amide bonds. The molecule has 0 radical (unpaired) electrons. The number of nitrogens with two attached hydrogens (primary N) is 1. The average Bonchev–Trinajstić information content (AvgIpc) is 3.24. The van der Waals surface area contributed by atoms with Crippen LogP contribution in [-0.2, 0) is 4.74 Å². The molecule has 1 aliphatic rings. The van der Waals surface area contributed by atoms with E-state index in [-0.39, 0.29) is 36.5 Å². The molecule has 8 nitrogen and oxygen atoms in total. The number of rotatable bonds is 4. The fourth-order valence-corrected chi connectivity index (χ4v) is 2.85. The molecule has 1 fully saturated rings. The second-order valence-corrected chi connectivity index (χ2v) is 5.87. The Labute approximate surface area is 146 Å². The second-order valence-electron chi connectivity index (χ2n) is 5.87. The number of ether oxygens (including phenoxy) is 2. The van der Waals surface area contributed by atoms with Gasteiger partial charge in [-0.15, -0.1) is 0 Å². The highest BCUT2D eigenvalue weighted by Crippen LogP contribution is 2.32. The summed E-state index contributed by atoms with van der Waals surface area (Å²) in [7, 11) is 0. The Morgan fingerprint density at radius 2 is 2.12 bits per heavy atom. The molecule has 136 valence electrons. The molecule has 0 aliphatic carbocycles. The molecule has 10 heteroatoms. The maximum Gasteiger partial charge on any atom is 0.326 e. The summed E-state index contributed by atoms with van der Waals surface area (Å²) >= 11 is 0. The van der Waals surface area contributed by atoms with Crippen LogP contribution < -0.4 is 10.5 Å². The lowest BCUT2D eigenvalue weighted by Crippen LogP contribution is -2.14. The van der Waals surface area contributed by atoms with Crippen LogP contribution in [0.3, 0.4) is 0 Å². The van der Waals surface area contributed by atoms with E-state index >= 15 is 0 Å². The minimum atomic E-state index is -1.05. The van der Waals surface area contributed by atoms with Crippen LogP contribution in [0.2, 0.25) is 0 Å². The van der Waals surface area contributed by atoms with Gasteiger partial charge in [0.2, 0.25) is 0 Å². The monoisotopic (exact) mass is 363 g/mol.